The van der Waals surface area contributed by atoms with Crippen LogP contribution in [-0.4, -0.2) is 55.7 Å². The summed E-state index contributed by atoms with van der Waals surface area (Å²) >= 11 is 0. The maximum atomic E-state index is 12.5. The van der Waals surface area contributed by atoms with Crippen molar-refractivity contribution in [2.45, 2.75) is 13.5 Å². The summed E-state index contributed by atoms with van der Waals surface area (Å²) in [4.78, 5) is 16.7. The van der Waals surface area contributed by atoms with Gasteiger partial charge in [0.25, 0.3) is 0 Å². The van der Waals surface area contributed by atoms with Crippen molar-refractivity contribution in [3.63, 3.8) is 0 Å². The van der Waals surface area contributed by atoms with Crippen molar-refractivity contribution in [3.05, 3.63) is 54.1 Å². The zero-order chi connectivity index (χ0) is 19.1. The predicted octanol–water partition coefficient (Wildman–Crippen LogP) is 3.44. The van der Waals surface area contributed by atoms with Gasteiger partial charge >= 0.3 is 6.03 Å². The Morgan fingerprint density at radius 1 is 1.04 bits per heavy atom. The van der Waals surface area contributed by atoms with E-state index < -0.39 is 0 Å². The van der Waals surface area contributed by atoms with Gasteiger partial charge in [-0.1, -0.05) is 18.2 Å². The lowest BCUT2D eigenvalue weighted by molar-refractivity contribution is 0.142. The molecule has 1 heterocycles. The van der Waals surface area contributed by atoms with Crippen LogP contribution in [0.4, 0.5) is 10.5 Å². The van der Waals surface area contributed by atoms with E-state index in [-0.39, 0.29) is 6.03 Å². The van der Waals surface area contributed by atoms with Crippen LogP contribution < -0.4 is 14.8 Å². The number of carbonyl (C=O) groups is 1. The molecular weight excluding hydrogens is 342 g/mol. The summed E-state index contributed by atoms with van der Waals surface area (Å²) in [6.45, 7) is 6.51. The first-order chi connectivity index (χ1) is 13.2. The van der Waals surface area contributed by atoms with Crippen molar-refractivity contribution in [2.24, 2.45) is 0 Å². The fraction of sp³-hybridized carbons (Fsp3) is 0.381. The molecule has 0 atom stereocenters. The monoisotopic (exact) mass is 369 g/mol. The second-order valence-corrected chi connectivity index (χ2v) is 6.46. The molecule has 0 aromatic heterocycles. The minimum Gasteiger partial charge on any atom is -0.496 e. The van der Waals surface area contributed by atoms with Crippen LogP contribution in [0.2, 0.25) is 0 Å². The molecule has 6 heteroatoms. The zero-order valence-corrected chi connectivity index (χ0v) is 16.0. The van der Waals surface area contributed by atoms with Crippen LogP contribution in [0, 0.1) is 0 Å². The van der Waals surface area contributed by atoms with E-state index in [2.05, 4.69) is 16.3 Å². The van der Waals surface area contributed by atoms with E-state index in [1.807, 2.05) is 54.3 Å². The molecule has 2 aromatic rings. The molecule has 0 radical (unpaired) electrons. The summed E-state index contributed by atoms with van der Waals surface area (Å²) in [5, 5.41) is 2.96. The lowest BCUT2D eigenvalue weighted by Crippen LogP contribution is -2.49. The number of ether oxygens (including phenoxy) is 2. The fourth-order valence-electron chi connectivity index (χ4n) is 3.19. The first-order valence-electron chi connectivity index (χ1n) is 9.32. The average Bonchev–Trinajstić information content (AvgIpc) is 2.70. The number of para-hydroxylation sites is 1. The number of nitrogens with zero attached hydrogens (tertiary/aromatic N) is 2. The number of amides is 2. The molecular formula is C21H27N3O3. The lowest BCUT2D eigenvalue weighted by atomic mass is 10.1. The maximum Gasteiger partial charge on any atom is 0.321 e. The molecule has 0 bridgehead atoms. The molecule has 1 N–H and O–H groups in total. The van der Waals surface area contributed by atoms with Gasteiger partial charge in [-0.2, -0.15) is 0 Å². The summed E-state index contributed by atoms with van der Waals surface area (Å²) in [6.07, 6.45) is 0. The predicted molar refractivity (Wildman–Crippen MR) is 106 cm³/mol. The van der Waals surface area contributed by atoms with Gasteiger partial charge in [0.2, 0.25) is 0 Å². The Balaban J connectivity index is 1.49. The number of nitrogens with one attached hydrogen (secondary N) is 1. The Kier molecular flexibility index (Phi) is 6.54. The number of piperazine rings is 1. The Morgan fingerprint density at radius 3 is 2.41 bits per heavy atom. The number of benzene rings is 2. The van der Waals surface area contributed by atoms with Gasteiger partial charge in [0.05, 0.1) is 13.7 Å². The molecule has 1 aliphatic heterocycles. The van der Waals surface area contributed by atoms with Crippen molar-refractivity contribution < 1.29 is 14.3 Å². The number of carbonyl (C=O) groups excluding carboxylic acids is 1. The summed E-state index contributed by atoms with van der Waals surface area (Å²) in [7, 11) is 1.70. The highest BCUT2D eigenvalue weighted by Crippen LogP contribution is 2.20. The molecule has 0 saturated carbocycles. The fourth-order valence-corrected chi connectivity index (χ4v) is 3.19. The maximum absolute atomic E-state index is 12.5. The van der Waals surface area contributed by atoms with Crippen molar-refractivity contribution in [1.29, 1.82) is 0 Å². The third-order valence-corrected chi connectivity index (χ3v) is 4.66. The molecule has 0 unspecified atom stereocenters. The number of hydrogen-bond donors (Lipinski definition) is 1. The van der Waals surface area contributed by atoms with Gasteiger partial charge in [-0.05, 0) is 37.3 Å². The molecule has 2 amide bonds. The molecule has 6 nitrogen and oxygen atoms in total. The van der Waals surface area contributed by atoms with Gasteiger partial charge in [-0.3, -0.25) is 4.90 Å². The number of urea groups is 1. The van der Waals surface area contributed by atoms with Crippen LogP contribution >= 0.6 is 0 Å². The first-order valence-corrected chi connectivity index (χ1v) is 9.32. The molecule has 144 valence electrons. The molecule has 1 aliphatic rings. The Hall–Kier alpha value is -2.73. The smallest absolute Gasteiger partial charge is 0.321 e. The van der Waals surface area contributed by atoms with E-state index in [9.17, 15) is 4.79 Å². The van der Waals surface area contributed by atoms with Crippen LogP contribution in [0.1, 0.15) is 12.5 Å². The van der Waals surface area contributed by atoms with Crippen LogP contribution in [0.15, 0.2) is 48.5 Å². The zero-order valence-electron chi connectivity index (χ0n) is 16.0. The van der Waals surface area contributed by atoms with Crippen LogP contribution in [0.5, 0.6) is 11.5 Å². The van der Waals surface area contributed by atoms with Crippen molar-refractivity contribution in [1.82, 2.24) is 9.80 Å². The molecule has 0 spiro atoms. The number of methoxy groups -OCH3 is 1. The summed E-state index contributed by atoms with van der Waals surface area (Å²) in [6, 6.07) is 15.5. The van der Waals surface area contributed by atoms with Crippen molar-refractivity contribution >= 4 is 11.7 Å². The molecule has 3 rings (SSSR count). The van der Waals surface area contributed by atoms with Crippen LogP contribution in [0.3, 0.4) is 0 Å². The van der Waals surface area contributed by atoms with Crippen molar-refractivity contribution in [2.75, 3.05) is 45.2 Å². The Bertz CT molecular complexity index is 741. The third-order valence-electron chi connectivity index (χ3n) is 4.66. The van der Waals surface area contributed by atoms with Gasteiger partial charge in [0, 0.05) is 44.0 Å². The standard InChI is InChI=1S/C21H27N3O3/c1-3-27-19-10-8-18(9-11-19)22-21(25)24-14-12-23(13-15-24)16-17-6-4-5-7-20(17)26-2/h4-11H,3,12-16H2,1-2H3,(H,22,25). The molecule has 27 heavy (non-hydrogen) atoms. The number of rotatable bonds is 6. The molecule has 1 saturated heterocycles. The van der Waals surface area contributed by atoms with E-state index in [1.54, 1.807) is 7.11 Å². The van der Waals surface area contributed by atoms with E-state index in [4.69, 9.17) is 9.47 Å². The Labute approximate surface area is 160 Å². The van der Waals surface area contributed by atoms with E-state index in [1.165, 1.54) is 5.56 Å². The van der Waals surface area contributed by atoms with E-state index in [0.717, 1.165) is 36.8 Å². The van der Waals surface area contributed by atoms with Crippen LogP contribution in [0.25, 0.3) is 0 Å². The van der Waals surface area contributed by atoms with E-state index >= 15 is 0 Å². The Morgan fingerprint density at radius 2 is 1.74 bits per heavy atom. The highest BCUT2D eigenvalue weighted by molar-refractivity contribution is 5.89. The van der Waals surface area contributed by atoms with Gasteiger partial charge < -0.3 is 19.7 Å². The SMILES string of the molecule is CCOc1ccc(NC(=O)N2CCN(Cc3ccccc3OC)CC2)cc1. The second-order valence-electron chi connectivity index (χ2n) is 6.46. The number of hydrogen-bond acceptors (Lipinski definition) is 4. The minimum atomic E-state index is -0.0592. The van der Waals surface area contributed by atoms with Crippen molar-refractivity contribution in [3.8, 4) is 11.5 Å². The highest BCUT2D eigenvalue weighted by atomic mass is 16.5. The van der Waals surface area contributed by atoms with E-state index in [0.29, 0.717) is 19.7 Å². The largest absolute Gasteiger partial charge is 0.496 e. The molecule has 2 aromatic carbocycles. The first kappa shape index (κ1) is 19.0. The van der Waals surface area contributed by atoms with Gasteiger partial charge in [0.15, 0.2) is 0 Å². The third kappa shape index (κ3) is 5.14. The quantitative estimate of drug-likeness (QED) is 0.847. The minimum absolute atomic E-state index is 0.0592. The normalized spacial score (nSPS) is 14.7. The average molecular weight is 369 g/mol. The molecule has 0 aliphatic carbocycles. The number of anilines is 1. The van der Waals surface area contributed by atoms with Gasteiger partial charge in [-0.15, -0.1) is 0 Å². The van der Waals surface area contributed by atoms with Gasteiger partial charge in [-0.25, -0.2) is 4.79 Å². The second kappa shape index (κ2) is 9.28. The topological polar surface area (TPSA) is 54.0 Å². The highest BCUT2D eigenvalue weighted by Gasteiger charge is 2.21. The van der Waals surface area contributed by atoms with Gasteiger partial charge in [0.1, 0.15) is 11.5 Å². The summed E-state index contributed by atoms with van der Waals surface area (Å²) in [5.41, 5.74) is 1.95. The van der Waals surface area contributed by atoms with Crippen LogP contribution in [-0.2, 0) is 6.54 Å². The summed E-state index contributed by atoms with van der Waals surface area (Å²) < 4.78 is 10.8. The molecule has 1 fully saturated rings. The lowest BCUT2D eigenvalue weighted by Gasteiger charge is -2.34. The summed E-state index contributed by atoms with van der Waals surface area (Å²) in [5.74, 6) is 1.72.